The van der Waals surface area contributed by atoms with Crippen molar-refractivity contribution < 1.29 is 14.4 Å². The van der Waals surface area contributed by atoms with E-state index in [1.807, 2.05) is 60.7 Å². The zero-order valence-corrected chi connectivity index (χ0v) is 19.4. The standard InChI is InChI=1S/C27H30N2O3.ClH/c28-25(19-23-13-5-2-6-14-23)27(31)32-29-26(30)20-24-17-15-22(16-18-24)12-8-7-11-21-9-3-1-4-10-21;/h1-6,9-10,13-18,25H,7-8,11-12,19-20,28H2,(H,29,30);1H/t25-;/m0./s1. The Balaban J connectivity index is 0.00000385. The van der Waals surface area contributed by atoms with Crippen molar-refractivity contribution in [2.75, 3.05) is 0 Å². The Morgan fingerprint density at radius 2 is 1.21 bits per heavy atom. The zero-order valence-electron chi connectivity index (χ0n) is 18.6. The summed E-state index contributed by atoms with van der Waals surface area (Å²) in [5, 5.41) is 0. The van der Waals surface area contributed by atoms with Gasteiger partial charge in [-0.3, -0.25) is 4.79 Å². The van der Waals surface area contributed by atoms with E-state index in [1.165, 1.54) is 11.1 Å². The minimum Gasteiger partial charge on any atom is -0.339 e. The molecule has 3 aromatic carbocycles. The van der Waals surface area contributed by atoms with Crippen molar-refractivity contribution in [3.63, 3.8) is 0 Å². The molecule has 0 saturated carbocycles. The van der Waals surface area contributed by atoms with Gasteiger partial charge in [0.05, 0.1) is 6.42 Å². The lowest BCUT2D eigenvalue weighted by molar-refractivity contribution is -0.159. The van der Waals surface area contributed by atoms with E-state index in [0.29, 0.717) is 6.42 Å². The highest BCUT2D eigenvalue weighted by atomic mass is 35.5. The molecule has 0 aromatic heterocycles. The maximum Gasteiger partial charge on any atom is 0.349 e. The minimum absolute atomic E-state index is 0. The zero-order chi connectivity index (χ0) is 22.6. The van der Waals surface area contributed by atoms with Crippen LogP contribution >= 0.6 is 12.4 Å². The van der Waals surface area contributed by atoms with E-state index in [4.69, 9.17) is 10.6 Å². The molecular weight excluding hydrogens is 436 g/mol. The second-order valence-electron chi connectivity index (χ2n) is 7.93. The van der Waals surface area contributed by atoms with E-state index in [9.17, 15) is 9.59 Å². The highest BCUT2D eigenvalue weighted by Crippen LogP contribution is 2.11. The van der Waals surface area contributed by atoms with Gasteiger partial charge in [0.15, 0.2) is 0 Å². The Morgan fingerprint density at radius 1 is 0.727 bits per heavy atom. The number of hydrogen-bond acceptors (Lipinski definition) is 4. The number of nitrogens with one attached hydrogen (secondary N) is 1. The average molecular weight is 467 g/mol. The lowest BCUT2D eigenvalue weighted by Crippen LogP contribution is -2.39. The normalized spacial score (nSPS) is 11.2. The number of carbonyl (C=O) groups is 2. The van der Waals surface area contributed by atoms with Crippen molar-refractivity contribution in [3.8, 4) is 0 Å². The van der Waals surface area contributed by atoms with Crippen molar-refractivity contribution in [2.45, 2.75) is 44.6 Å². The van der Waals surface area contributed by atoms with E-state index in [2.05, 4.69) is 29.7 Å². The molecule has 0 saturated heterocycles. The van der Waals surface area contributed by atoms with Gasteiger partial charge in [0.25, 0.3) is 5.91 Å². The predicted molar refractivity (Wildman–Crippen MR) is 133 cm³/mol. The molecule has 0 radical (unpaired) electrons. The molecular formula is C27H31ClN2O3. The summed E-state index contributed by atoms with van der Waals surface area (Å²) in [5.41, 5.74) is 12.5. The molecule has 3 N–H and O–H groups in total. The summed E-state index contributed by atoms with van der Waals surface area (Å²) >= 11 is 0. The second-order valence-corrected chi connectivity index (χ2v) is 7.93. The van der Waals surface area contributed by atoms with Crippen LogP contribution in [0.2, 0.25) is 0 Å². The number of aryl methyl sites for hydroxylation is 2. The first kappa shape index (κ1) is 26.1. The molecule has 0 bridgehead atoms. The summed E-state index contributed by atoms with van der Waals surface area (Å²) in [5.74, 6) is -1.05. The molecule has 0 spiro atoms. The summed E-state index contributed by atoms with van der Waals surface area (Å²) in [4.78, 5) is 29.0. The summed E-state index contributed by atoms with van der Waals surface area (Å²) in [6, 6.07) is 27.1. The van der Waals surface area contributed by atoms with Crippen LogP contribution in [0, 0.1) is 0 Å². The first-order chi connectivity index (χ1) is 15.6. The number of nitrogens with two attached hydrogens (primary N) is 1. The number of amides is 1. The lowest BCUT2D eigenvalue weighted by atomic mass is 10.0. The first-order valence-corrected chi connectivity index (χ1v) is 11.0. The van der Waals surface area contributed by atoms with Gasteiger partial charge in [-0.05, 0) is 54.4 Å². The molecule has 3 rings (SSSR count). The number of hydroxylamine groups is 1. The fraction of sp³-hybridized carbons (Fsp3) is 0.259. The Labute approximate surface area is 201 Å². The van der Waals surface area contributed by atoms with Crippen LogP contribution in [-0.4, -0.2) is 17.9 Å². The van der Waals surface area contributed by atoms with Crippen LogP contribution in [0.4, 0.5) is 0 Å². The van der Waals surface area contributed by atoms with Gasteiger partial charge in [0.2, 0.25) is 0 Å². The second kappa shape index (κ2) is 14.1. The third-order valence-electron chi connectivity index (χ3n) is 5.28. The van der Waals surface area contributed by atoms with Gasteiger partial charge in [0, 0.05) is 0 Å². The van der Waals surface area contributed by atoms with Crippen molar-refractivity contribution in [3.05, 3.63) is 107 Å². The molecule has 3 aromatic rings. The molecule has 0 aliphatic heterocycles. The number of rotatable bonds is 10. The molecule has 1 amide bonds. The summed E-state index contributed by atoms with van der Waals surface area (Å²) in [7, 11) is 0. The van der Waals surface area contributed by atoms with Crippen LogP contribution in [0.5, 0.6) is 0 Å². The van der Waals surface area contributed by atoms with E-state index in [-0.39, 0.29) is 24.7 Å². The van der Waals surface area contributed by atoms with Crippen LogP contribution in [0.15, 0.2) is 84.9 Å². The van der Waals surface area contributed by atoms with E-state index in [1.54, 1.807) is 0 Å². The third kappa shape index (κ3) is 9.48. The SMILES string of the molecule is Cl.N[C@@H](Cc1ccccc1)C(=O)ONC(=O)Cc1ccc(CCCCc2ccccc2)cc1. The van der Waals surface area contributed by atoms with Gasteiger partial charge in [-0.1, -0.05) is 84.9 Å². The molecule has 33 heavy (non-hydrogen) atoms. The molecule has 174 valence electrons. The third-order valence-corrected chi connectivity index (χ3v) is 5.28. The Bertz CT molecular complexity index is 979. The number of benzene rings is 3. The van der Waals surface area contributed by atoms with Gasteiger partial charge in [0.1, 0.15) is 6.04 Å². The number of hydrogen-bond donors (Lipinski definition) is 2. The van der Waals surface area contributed by atoms with Crippen molar-refractivity contribution in [1.29, 1.82) is 0 Å². The molecule has 0 aliphatic rings. The van der Waals surface area contributed by atoms with Crippen molar-refractivity contribution in [1.82, 2.24) is 5.48 Å². The first-order valence-electron chi connectivity index (χ1n) is 11.0. The molecule has 5 nitrogen and oxygen atoms in total. The van der Waals surface area contributed by atoms with Crippen LogP contribution in [0.3, 0.4) is 0 Å². The maximum atomic E-state index is 12.1. The maximum absolute atomic E-state index is 12.1. The highest BCUT2D eigenvalue weighted by Gasteiger charge is 2.17. The van der Waals surface area contributed by atoms with Gasteiger partial charge in [-0.15, -0.1) is 12.4 Å². The van der Waals surface area contributed by atoms with Crippen LogP contribution in [0.1, 0.15) is 35.1 Å². The predicted octanol–water partition coefficient (Wildman–Crippen LogP) is 4.36. The fourth-order valence-corrected chi connectivity index (χ4v) is 3.48. The topological polar surface area (TPSA) is 81.4 Å². The largest absolute Gasteiger partial charge is 0.349 e. The summed E-state index contributed by atoms with van der Waals surface area (Å²) in [6.07, 6.45) is 4.85. The number of carbonyl (C=O) groups excluding carboxylic acids is 2. The van der Waals surface area contributed by atoms with Gasteiger partial charge >= 0.3 is 5.97 Å². The van der Waals surface area contributed by atoms with E-state index >= 15 is 0 Å². The minimum atomic E-state index is -0.834. The van der Waals surface area contributed by atoms with Crippen molar-refractivity contribution in [2.24, 2.45) is 5.73 Å². The molecule has 1 atom stereocenters. The molecule has 0 aliphatic carbocycles. The smallest absolute Gasteiger partial charge is 0.339 e. The molecule has 0 heterocycles. The Kier molecular flexibility index (Phi) is 11.1. The van der Waals surface area contributed by atoms with Gasteiger partial charge in [-0.2, -0.15) is 5.48 Å². The lowest BCUT2D eigenvalue weighted by Gasteiger charge is -2.11. The monoisotopic (exact) mass is 466 g/mol. The Morgan fingerprint density at radius 3 is 1.79 bits per heavy atom. The summed E-state index contributed by atoms with van der Waals surface area (Å²) in [6.45, 7) is 0. The van der Waals surface area contributed by atoms with Gasteiger partial charge < -0.3 is 10.6 Å². The van der Waals surface area contributed by atoms with E-state index in [0.717, 1.165) is 36.8 Å². The van der Waals surface area contributed by atoms with Crippen LogP contribution in [0.25, 0.3) is 0 Å². The number of unbranched alkanes of at least 4 members (excludes halogenated alkanes) is 1. The molecule has 6 heteroatoms. The van der Waals surface area contributed by atoms with Crippen LogP contribution < -0.4 is 11.2 Å². The van der Waals surface area contributed by atoms with E-state index < -0.39 is 12.0 Å². The fourth-order valence-electron chi connectivity index (χ4n) is 3.48. The highest BCUT2D eigenvalue weighted by molar-refractivity contribution is 5.85. The molecule has 0 fully saturated rings. The van der Waals surface area contributed by atoms with Crippen molar-refractivity contribution >= 4 is 24.3 Å². The quantitative estimate of drug-likeness (QED) is 0.343. The molecule has 0 unspecified atom stereocenters. The summed E-state index contributed by atoms with van der Waals surface area (Å²) < 4.78 is 0. The Hall–Kier alpha value is -3.15. The average Bonchev–Trinajstić information content (AvgIpc) is 2.82. The number of halogens is 1. The van der Waals surface area contributed by atoms with Crippen LogP contribution in [-0.2, 0) is 40.1 Å². The van der Waals surface area contributed by atoms with Gasteiger partial charge in [-0.25, -0.2) is 4.79 Å².